The monoisotopic (exact) mass is 357 g/mol. The molecule has 0 unspecified atom stereocenters. The molecule has 2 amide bonds. The van der Waals surface area contributed by atoms with Crippen LogP contribution >= 0.6 is 12.2 Å². The quantitative estimate of drug-likeness (QED) is 0.296. The third kappa shape index (κ3) is 3.04. The summed E-state index contributed by atoms with van der Waals surface area (Å²) in [5.74, 6) is -0.714. The van der Waals surface area contributed by atoms with Gasteiger partial charge in [0, 0.05) is 13.1 Å². The minimum absolute atomic E-state index is 0.0206. The Labute approximate surface area is 146 Å². The molecule has 9 heteroatoms. The van der Waals surface area contributed by atoms with Crippen molar-refractivity contribution in [2.45, 2.75) is 0 Å². The Balaban J connectivity index is 1.98. The van der Waals surface area contributed by atoms with E-state index in [0.29, 0.717) is 5.56 Å². The molecule has 0 radical (unpaired) electrons. The maximum absolute atomic E-state index is 12.1. The number of benzene rings is 1. The van der Waals surface area contributed by atoms with Gasteiger partial charge in [-0.25, -0.2) is 0 Å². The molecule has 1 N–H and O–H groups in total. The molecule has 0 saturated carbocycles. The second kappa shape index (κ2) is 6.29. The van der Waals surface area contributed by atoms with Crippen LogP contribution in [-0.2, 0) is 9.59 Å². The first-order chi connectivity index (χ1) is 11.9. The Morgan fingerprint density at radius 1 is 1.24 bits per heavy atom. The molecule has 1 saturated heterocycles. The molecule has 25 heavy (non-hydrogen) atoms. The van der Waals surface area contributed by atoms with Crippen molar-refractivity contribution in [1.82, 2.24) is 10.2 Å². The first-order valence-electron chi connectivity index (χ1n) is 7.07. The van der Waals surface area contributed by atoms with Gasteiger partial charge >= 0.3 is 0 Å². The molecular formula is C16H11N3O5S. The summed E-state index contributed by atoms with van der Waals surface area (Å²) >= 11 is 4.87. The lowest BCUT2D eigenvalue weighted by Crippen LogP contribution is -2.52. The minimum Gasteiger partial charge on any atom is -0.456 e. The first-order valence-corrected chi connectivity index (χ1v) is 7.48. The van der Waals surface area contributed by atoms with E-state index in [-0.39, 0.29) is 27.9 Å². The summed E-state index contributed by atoms with van der Waals surface area (Å²) in [6.07, 6.45) is 1.27. The smallest absolute Gasteiger partial charge is 0.280 e. The Kier molecular flexibility index (Phi) is 4.15. The molecule has 1 fully saturated rings. The van der Waals surface area contributed by atoms with E-state index in [0.717, 1.165) is 4.90 Å². The molecular weight excluding hydrogens is 346 g/mol. The molecule has 1 aromatic heterocycles. The van der Waals surface area contributed by atoms with E-state index in [4.69, 9.17) is 16.6 Å². The van der Waals surface area contributed by atoms with Crippen molar-refractivity contribution in [3.63, 3.8) is 0 Å². The third-order valence-corrected chi connectivity index (χ3v) is 3.96. The van der Waals surface area contributed by atoms with E-state index >= 15 is 0 Å². The second-order valence-corrected chi connectivity index (χ2v) is 5.54. The van der Waals surface area contributed by atoms with Crippen molar-refractivity contribution >= 4 is 40.9 Å². The highest BCUT2D eigenvalue weighted by Crippen LogP contribution is 2.31. The highest BCUT2D eigenvalue weighted by molar-refractivity contribution is 7.80. The molecule has 2 aromatic rings. The van der Waals surface area contributed by atoms with Crippen molar-refractivity contribution in [3.05, 3.63) is 57.8 Å². The molecule has 1 aromatic carbocycles. The second-order valence-electron chi connectivity index (χ2n) is 5.16. The average Bonchev–Trinajstić information content (AvgIpc) is 3.05. The summed E-state index contributed by atoms with van der Waals surface area (Å²) in [7, 11) is 1.44. The Morgan fingerprint density at radius 3 is 2.68 bits per heavy atom. The number of furan rings is 1. The summed E-state index contributed by atoms with van der Waals surface area (Å²) in [4.78, 5) is 35.8. The molecule has 126 valence electrons. The lowest BCUT2D eigenvalue weighted by atomic mass is 10.1. The van der Waals surface area contributed by atoms with Gasteiger partial charge in [-0.05, 0) is 36.5 Å². The van der Waals surface area contributed by atoms with Crippen LogP contribution < -0.4 is 5.32 Å². The fourth-order valence-electron chi connectivity index (χ4n) is 2.30. The number of nitro benzene ring substituents is 1. The third-order valence-electron chi connectivity index (χ3n) is 3.58. The highest BCUT2D eigenvalue weighted by Gasteiger charge is 2.31. The van der Waals surface area contributed by atoms with Crippen LogP contribution in [0.25, 0.3) is 17.4 Å². The predicted molar refractivity (Wildman–Crippen MR) is 92.3 cm³/mol. The van der Waals surface area contributed by atoms with Gasteiger partial charge in [0.05, 0.1) is 10.5 Å². The van der Waals surface area contributed by atoms with Crippen molar-refractivity contribution < 1.29 is 18.9 Å². The van der Waals surface area contributed by atoms with E-state index < -0.39 is 16.7 Å². The van der Waals surface area contributed by atoms with E-state index in [1.165, 1.54) is 31.3 Å². The summed E-state index contributed by atoms with van der Waals surface area (Å²) in [5, 5.41) is 13.5. The fourth-order valence-corrected chi connectivity index (χ4v) is 2.48. The topological polar surface area (TPSA) is 106 Å². The average molecular weight is 357 g/mol. The molecule has 0 spiro atoms. The molecule has 0 atom stereocenters. The van der Waals surface area contributed by atoms with Gasteiger partial charge in [-0.3, -0.25) is 29.9 Å². The lowest BCUT2D eigenvalue weighted by Gasteiger charge is -2.24. The van der Waals surface area contributed by atoms with Crippen molar-refractivity contribution in [1.29, 1.82) is 0 Å². The number of hydrogen-bond acceptors (Lipinski definition) is 6. The van der Waals surface area contributed by atoms with E-state index in [2.05, 4.69) is 5.32 Å². The van der Waals surface area contributed by atoms with Gasteiger partial charge in [0.25, 0.3) is 17.5 Å². The van der Waals surface area contributed by atoms with Crippen molar-refractivity contribution in [2.24, 2.45) is 0 Å². The predicted octanol–water partition coefficient (Wildman–Crippen LogP) is 2.11. The molecule has 1 aliphatic heterocycles. The highest BCUT2D eigenvalue weighted by atomic mass is 32.1. The maximum atomic E-state index is 12.1. The van der Waals surface area contributed by atoms with Gasteiger partial charge in [0.15, 0.2) is 5.11 Å². The summed E-state index contributed by atoms with van der Waals surface area (Å²) in [6, 6.07) is 9.18. The number of nitrogens with zero attached hydrogens (tertiary/aromatic N) is 2. The zero-order valence-corrected chi connectivity index (χ0v) is 13.7. The van der Waals surface area contributed by atoms with Crippen LogP contribution in [0.4, 0.5) is 5.69 Å². The number of nitrogens with one attached hydrogen (secondary N) is 1. The Bertz CT molecular complexity index is 947. The number of thiocarbonyl (C=S) groups is 1. The van der Waals surface area contributed by atoms with Crippen LogP contribution in [0.2, 0.25) is 0 Å². The van der Waals surface area contributed by atoms with Gasteiger partial charge in [0.2, 0.25) is 0 Å². The van der Waals surface area contributed by atoms with Crippen LogP contribution in [0.15, 0.2) is 46.4 Å². The zero-order valence-electron chi connectivity index (χ0n) is 12.9. The standard InChI is InChI=1S/C16H11N3O5S/c1-18-15(21)11(14(20)17-16(18)25)8-9-6-7-13(24-9)10-4-2-3-5-12(10)19(22)23/h2-8H,1H3,(H,17,20,25)/b11-8-. The molecule has 8 nitrogen and oxygen atoms in total. The van der Waals surface area contributed by atoms with Crippen LogP contribution in [0, 0.1) is 10.1 Å². The van der Waals surface area contributed by atoms with Crippen LogP contribution in [0.3, 0.4) is 0 Å². The van der Waals surface area contributed by atoms with E-state index in [9.17, 15) is 19.7 Å². The fraction of sp³-hybridized carbons (Fsp3) is 0.0625. The molecule has 0 aliphatic carbocycles. The van der Waals surface area contributed by atoms with E-state index in [1.807, 2.05) is 0 Å². The maximum Gasteiger partial charge on any atom is 0.280 e. The van der Waals surface area contributed by atoms with Gasteiger partial charge in [-0.2, -0.15) is 0 Å². The summed E-state index contributed by atoms with van der Waals surface area (Å²) in [5.41, 5.74) is 0.0575. The molecule has 1 aliphatic rings. The first kappa shape index (κ1) is 16.5. The van der Waals surface area contributed by atoms with Crippen LogP contribution in [0.1, 0.15) is 5.76 Å². The zero-order chi connectivity index (χ0) is 18.1. The number of likely N-dealkylation sites (N-methyl/N-ethyl adjacent to an activating group) is 1. The Morgan fingerprint density at radius 2 is 1.96 bits per heavy atom. The van der Waals surface area contributed by atoms with Gasteiger partial charge in [-0.1, -0.05) is 12.1 Å². The summed E-state index contributed by atoms with van der Waals surface area (Å²) in [6.45, 7) is 0. The van der Waals surface area contributed by atoms with E-state index in [1.54, 1.807) is 18.2 Å². The molecule has 0 bridgehead atoms. The van der Waals surface area contributed by atoms with Crippen LogP contribution in [-0.4, -0.2) is 33.8 Å². The van der Waals surface area contributed by atoms with Crippen molar-refractivity contribution in [3.8, 4) is 11.3 Å². The van der Waals surface area contributed by atoms with Gasteiger partial charge < -0.3 is 4.42 Å². The van der Waals surface area contributed by atoms with Crippen molar-refractivity contribution in [2.75, 3.05) is 7.05 Å². The number of carbonyl (C=O) groups is 2. The molecule has 3 rings (SSSR count). The normalized spacial score (nSPS) is 16.3. The number of carbonyl (C=O) groups excluding carboxylic acids is 2. The Hall–Kier alpha value is -3.33. The summed E-state index contributed by atoms with van der Waals surface area (Å²) < 4.78 is 5.56. The number of hydrogen-bond donors (Lipinski definition) is 1. The van der Waals surface area contributed by atoms with Gasteiger partial charge in [-0.15, -0.1) is 0 Å². The lowest BCUT2D eigenvalue weighted by molar-refractivity contribution is -0.384. The number of amides is 2. The number of rotatable bonds is 3. The molecule has 2 heterocycles. The van der Waals surface area contributed by atoms with Gasteiger partial charge in [0.1, 0.15) is 17.1 Å². The minimum atomic E-state index is -0.628. The SMILES string of the molecule is CN1C(=O)/C(=C\c2ccc(-c3ccccc3[N+](=O)[O-])o2)C(=O)NC1=S. The number of para-hydroxylation sites is 1. The number of nitro groups is 1. The largest absolute Gasteiger partial charge is 0.456 e. The van der Waals surface area contributed by atoms with Crippen LogP contribution in [0.5, 0.6) is 0 Å².